The van der Waals surface area contributed by atoms with Gasteiger partial charge in [-0.05, 0) is 24.1 Å². The molecule has 0 radical (unpaired) electrons. The molecule has 2 heterocycles. The summed E-state index contributed by atoms with van der Waals surface area (Å²) in [6.07, 6.45) is 4.29. The lowest BCUT2D eigenvalue weighted by Crippen LogP contribution is -2.02. The summed E-state index contributed by atoms with van der Waals surface area (Å²) in [5.41, 5.74) is 1.61. The minimum atomic E-state index is 0.233. The standard InChI is InChI=1S/C9H10ClN5/c1-2-5-15-8(6-12-14-15)7-3-4-11-9(10)13-7/h3-4,6H,2,5H2,1H3. The monoisotopic (exact) mass is 223 g/mol. The molecule has 0 N–H and O–H groups in total. The predicted molar refractivity (Wildman–Crippen MR) is 56.3 cm³/mol. The van der Waals surface area contributed by atoms with E-state index in [0.29, 0.717) is 0 Å². The van der Waals surface area contributed by atoms with Gasteiger partial charge in [0.2, 0.25) is 5.28 Å². The van der Waals surface area contributed by atoms with Crippen LogP contribution in [0, 0.1) is 0 Å². The van der Waals surface area contributed by atoms with E-state index in [9.17, 15) is 0 Å². The zero-order chi connectivity index (χ0) is 10.7. The van der Waals surface area contributed by atoms with Crippen LogP contribution < -0.4 is 0 Å². The Hall–Kier alpha value is -1.49. The lowest BCUT2D eigenvalue weighted by atomic mass is 10.3. The second-order valence-corrected chi connectivity index (χ2v) is 3.39. The van der Waals surface area contributed by atoms with E-state index in [4.69, 9.17) is 11.6 Å². The molecule has 0 atom stereocenters. The molecule has 0 aliphatic rings. The quantitative estimate of drug-likeness (QED) is 0.745. The predicted octanol–water partition coefficient (Wildman–Crippen LogP) is 1.80. The fraction of sp³-hybridized carbons (Fsp3) is 0.333. The van der Waals surface area contributed by atoms with Crippen molar-refractivity contribution in [3.05, 3.63) is 23.7 Å². The van der Waals surface area contributed by atoms with Crippen LogP contribution in [0.3, 0.4) is 0 Å². The molecule has 5 nitrogen and oxygen atoms in total. The normalized spacial score (nSPS) is 10.5. The molecule has 2 rings (SSSR count). The van der Waals surface area contributed by atoms with Crippen molar-refractivity contribution in [1.82, 2.24) is 25.0 Å². The summed E-state index contributed by atoms with van der Waals surface area (Å²) in [4.78, 5) is 7.94. The van der Waals surface area contributed by atoms with E-state index in [1.165, 1.54) is 0 Å². The van der Waals surface area contributed by atoms with Gasteiger partial charge in [-0.15, -0.1) is 5.10 Å². The minimum absolute atomic E-state index is 0.233. The van der Waals surface area contributed by atoms with Crippen LogP contribution in [-0.2, 0) is 6.54 Å². The molecule has 0 saturated heterocycles. The molecule has 2 aromatic rings. The largest absolute Gasteiger partial charge is 0.243 e. The third-order valence-corrected chi connectivity index (χ3v) is 2.12. The summed E-state index contributed by atoms with van der Waals surface area (Å²) in [6, 6.07) is 1.79. The van der Waals surface area contributed by atoms with E-state index in [0.717, 1.165) is 24.4 Å². The van der Waals surface area contributed by atoms with Gasteiger partial charge >= 0.3 is 0 Å². The topological polar surface area (TPSA) is 56.5 Å². The maximum atomic E-state index is 5.72. The molecule has 0 bridgehead atoms. The first kappa shape index (κ1) is 10.0. The molecule has 0 saturated carbocycles. The lowest BCUT2D eigenvalue weighted by molar-refractivity contribution is 0.583. The third kappa shape index (κ3) is 2.12. The van der Waals surface area contributed by atoms with Crippen molar-refractivity contribution in [2.45, 2.75) is 19.9 Å². The van der Waals surface area contributed by atoms with E-state index in [1.54, 1.807) is 23.1 Å². The first-order valence-electron chi connectivity index (χ1n) is 4.68. The van der Waals surface area contributed by atoms with E-state index in [-0.39, 0.29) is 5.28 Å². The molecule has 0 amide bonds. The summed E-state index contributed by atoms with van der Waals surface area (Å²) in [7, 11) is 0. The van der Waals surface area contributed by atoms with E-state index in [2.05, 4.69) is 27.2 Å². The Kier molecular flexibility index (Phi) is 2.91. The molecule has 0 fully saturated rings. The highest BCUT2D eigenvalue weighted by Gasteiger charge is 2.07. The van der Waals surface area contributed by atoms with Gasteiger partial charge in [0.15, 0.2) is 0 Å². The van der Waals surface area contributed by atoms with Crippen molar-refractivity contribution in [1.29, 1.82) is 0 Å². The van der Waals surface area contributed by atoms with Crippen LogP contribution in [-0.4, -0.2) is 25.0 Å². The molecule has 2 aromatic heterocycles. The van der Waals surface area contributed by atoms with Crippen molar-refractivity contribution in [3.8, 4) is 11.4 Å². The zero-order valence-corrected chi connectivity index (χ0v) is 9.02. The molecule has 0 unspecified atom stereocenters. The summed E-state index contributed by atoms with van der Waals surface area (Å²) in [5, 5.41) is 8.06. The summed E-state index contributed by atoms with van der Waals surface area (Å²) in [6.45, 7) is 2.90. The Morgan fingerprint density at radius 2 is 2.33 bits per heavy atom. The van der Waals surface area contributed by atoms with Gasteiger partial charge in [0.05, 0.1) is 11.9 Å². The maximum Gasteiger partial charge on any atom is 0.222 e. The van der Waals surface area contributed by atoms with E-state index < -0.39 is 0 Å². The maximum absolute atomic E-state index is 5.72. The number of nitrogens with zero attached hydrogens (tertiary/aromatic N) is 5. The second-order valence-electron chi connectivity index (χ2n) is 3.05. The minimum Gasteiger partial charge on any atom is -0.243 e. The van der Waals surface area contributed by atoms with Crippen LogP contribution in [0.5, 0.6) is 0 Å². The van der Waals surface area contributed by atoms with E-state index in [1.807, 2.05) is 0 Å². The van der Waals surface area contributed by atoms with Crippen LogP contribution in [0.4, 0.5) is 0 Å². The van der Waals surface area contributed by atoms with Crippen LogP contribution in [0.15, 0.2) is 18.5 Å². The average Bonchev–Trinajstić information content (AvgIpc) is 2.66. The van der Waals surface area contributed by atoms with E-state index >= 15 is 0 Å². The van der Waals surface area contributed by atoms with Gasteiger partial charge in [-0.3, -0.25) is 0 Å². The Morgan fingerprint density at radius 3 is 3.07 bits per heavy atom. The van der Waals surface area contributed by atoms with Gasteiger partial charge in [0, 0.05) is 12.7 Å². The smallest absolute Gasteiger partial charge is 0.222 e. The molecule has 0 aliphatic heterocycles. The first-order valence-corrected chi connectivity index (χ1v) is 5.06. The number of rotatable bonds is 3. The Balaban J connectivity index is 2.40. The highest BCUT2D eigenvalue weighted by atomic mass is 35.5. The van der Waals surface area contributed by atoms with Gasteiger partial charge in [0.1, 0.15) is 5.69 Å². The average molecular weight is 224 g/mol. The van der Waals surface area contributed by atoms with Gasteiger partial charge in [-0.2, -0.15) is 0 Å². The summed E-state index contributed by atoms with van der Waals surface area (Å²) < 4.78 is 1.80. The van der Waals surface area contributed by atoms with Crippen molar-refractivity contribution in [2.24, 2.45) is 0 Å². The fourth-order valence-corrected chi connectivity index (χ4v) is 1.46. The first-order chi connectivity index (χ1) is 7.31. The SMILES string of the molecule is CCCn1nncc1-c1ccnc(Cl)n1. The van der Waals surface area contributed by atoms with Crippen LogP contribution >= 0.6 is 11.6 Å². The Bertz CT molecular complexity index is 453. The van der Waals surface area contributed by atoms with Gasteiger partial charge in [-0.1, -0.05) is 12.1 Å². The zero-order valence-electron chi connectivity index (χ0n) is 8.26. The molecule has 0 aliphatic carbocycles. The Morgan fingerprint density at radius 1 is 1.47 bits per heavy atom. The molecular formula is C9H10ClN5. The number of hydrogen-bond acceptors (Lipinski definition) is 4. The summed E-state index contributed by atoms with van der Waals surface area (Å²) in [5.74, 6) is 0. The molecule has 15 heavy (non-hydrogen) atoms. The molecule has 6 heteroatoms. The van der Waals surface area contributed by atoms with Gasteiger partial charge in [0.25, 0.3) is 0 Å². The number of aromatic nitrogens is 5. The number of halogens is 1. The number of aryl methyl sites for hydroxylation is 1. The third-order valence-electron chi connectivity index (χ3n) is 1.94. The highest BCUT2D eigenvalue weighted by Crippen LogP contribution is 2.16. The molecule has 0 aromatic carbocycles. The fourth-order valence-electron chi connectivity index (χ4n) is 1.31. The van der Waals surface area contributed by atoms with Gasteiger partial charge < -0.3 is 0 Å². The van der Waals surface area contributed by atoms with Crippen LogP contribution in [0.1, 0.15) is 13.3 Å². The van der Waals surface area contributed by atoms with Gasteiger partial charge in [-0.25, -0.2) is 14.6 Å². The highest BCUT2D eigenvalue weighted by molar-refractivity contribution is 6.28. The van der Waals surface area contributed by atoms with Crippen molar-refractivity contribution in [3.63, 3.8) is 0 Å². The van der Waals surface area contributed by atoms with Crippen molar-refractivity contribution >= 4 is 11.6 Å². The van der Waals surface area contributed by atoms with Crippen molar-refractivity contribution in [2.75, 3.05) is 0 Å². The molecular weight excluding hydrogens is 214 g/mol. The van der Waals surface area contributed by atoms with Crippen molar-refractivity contribution < 1.29 is 0 Å². The van der Waals surface area contributed by atoms with Crippen LogP contribution in [0.25, 0.3) is 11.4 Å². The second kappa shape index (κ2) is 4.35. The Labute approximate surface area is 92.1 Å². The lowest BCUT2D eigenvalue weighted by Gasteiger charge is -2.03. The molecule has 0 spiro atoms. The molecule has 78 valence electrons. The number of hydrogen-bond donors (Lipinski definition) is 0. The summed E-state index contributed by atoms with van der Waals surface area (Å²) >= 11 is 5.72. The van der Waals surface area contributed by atoms with Crippen LogP contribution in [0.2, 0.25) is 5.28 Å².